The minimum absolute atomic E-state index is 0.388. The van der Waals surface area contributed by atoms with Crippen molar-refractivity contribution in [2.24, 2.45) is 4.99 Å². The van der Waals surface area contributed by atoms with Crippen molar-refractivity contribution in [1.82, 2.24) is 10.6 Å². The molecule has 0 atom stereocenters. The number of hydrogen-bond donors (Lipinski definition) is 2. The molecule has 0 unspecified atom stereocenters. The number of hydrogen-bond acceptors (Lipinski definition) is 3. The van der Waals surface area contributed by atoms with Crippen LogP contribution >= 0.6 is 0 Å². The van der Waals surface area contributed by atoms with Gasteiger partial charge in [-0.15, -0.1) is 0 Å². The fraction of sp³-hybridized carbons (Fsp3) is 0.526. The van der Waals surface area contributed by atoms with Crippen LogP contribution < -0.4 is 10.6 Å². The van der Waals surface area contributed by atoms with Gasteiger partial charge in [0.25, 0.3) is 0 Å². The van der Waals surface area contributed by atoms with Crippen molar-refractivity contribution in [3.8, 4) is 0 Å². The van der Waals surface area contributed by atoms with Crippen LogP contribution in [-0.2, 0) is 16.4 Å². The van der Waals surface area contributed by atoms with Gasteiger partial charge in [0, 0.05) is 26.4 Å². The Morgan fingerprint density at radius 1 is 1.24 bits per heavy atom. The van der Waals surface area contributed by atoms with E-state index in [-0.39, 0.29) is 0 Å². The van der Waals surface area contributed by atoms with E-state index in [2.05, 4.69) is 21.7 Å². The fourth-order valence-corrected chi connectivity index (χ4v) is 4.08. The maximum atomic E-state index is 11.7. The normalized spacial score (nSPS) is 15.6. The Labute approximate surface area is 151 Å². The van der Waals surface area contributed by atoms with Gasteiger partial charge in [0.1, 0.15) is 0 Å². The van der Waals surface area contributed by atoms with Gasteiger partial charge >= 0.3 is 0 Å². The Balaban J connectivity index is 1.84. The summed E-state index contributed by atoms with van der Waals surface area (Å²) in [7, 11) is -1.41. The molecule has 0 bridgehead atoms. The molecule has 2 N–H and O–H groups in total. The molecule has 0 saturated carbocycles. The zero-order valence-corrected chi connectivity index (χ0v) is 16.2. The average Bonchev–Trinajstić information content (AvgIpc) is 2.57. The van der Waals surface area contributed by atoms with Crippen LogP contribution in [0.5, 0.6) is 0 Å². The van der Waals surface area contributed by atoms with Crippen LogP contribution in [0.3, 0.4) is 0 Å². The van der Waals surface area contributed by atoms with E-state index in [1.54, 1.807) is 18.7 Å². The van der Waals surface area contributed by atoms with Crippen LogP contribution in [0.4, 0.5) is 0 Å². The third-order valence-electron chi connectivity index (χ3n) is 4.45. The van der Waals surface area contributed by atoms with Gasteiger partial charge in [-0.25, -0.2) is 8.42 Å². The van der Waals surface area contributed by atoms with Gasteiger partial charge in [-0.1, -0.05) is 23.8 Å². The quantitative estimate of drug-likeness (QED) is 0.463. The Kier molecular flexibility index (Phi) is 7.05. The number of rotatable bonds is 6. The second kappa shape index (κ2) is 9.04. The van der Waals surface area contributed by atoms with Crippen LogP contribution in [0.25, 0.3) is 0 Å². The van der Waals surface area contributed by atoms with Crippen LogP contribution in [0, 0.1) is 6.92 Å². The molecule has 1 aliphatic carbocycles. The largest absolute Gasteiger partial charge is 0.356 e. The molecule has 5 nitrogen and oxygen atoms in total. The smallest absolute Gasteiger partial charge is 0.191 e. The first-order valence-corrected chi connectivity index (χ1v) is 10.7. The highest BCUT2D eigenvalue weighted by Crippen LogP contribution is 2.19. The molecule has 0 fully saturated rings. The SMILES string of the molecule is CN=C(NCCC1=CCCCC1)NCc1ccc(S(C)(=O)=O)c(C)c1. The Morgan fingerprint density at radius 2 is 2.04 bits per heavy atom. The van der Waals surface area contributed by atoms with Gasteiger partial charge in [0.2, 0.25) is 0 Å². The molecule has 25 heavy (non-hydrogen) atoms. The lowest BCUT2D eigenvalue weighted by atomic mass is 9.97. The summed E-state index contributed by atoms with van der Waals surface area (Å²) < 4.78 is 23.4. The molecule has 0 saturated heterocycles. The van der Waals surface area contributed by atoms with Gasteiger partial charge in [-0.3, -0.25) is 4.99 Å². The third-order valence-corrected chi connectivity index (χ3v) is 5.70. The van der Waals surface area contributed by atoms with Crippen LogP contribution in [0.2, 0.25) is 0 Å². The van der Waals surface area contributed by atoms with Crippen molar-refractivity contribution < 1.29 is 8.42 Å². The first-order valence-electron chi connectivity index (χ1n) is 8.82. The third kappa shape index (κ3) is 6.20. The summed E-state index contributed by atoms with van der Waals surface area (Å²) >= 11 is 0. The predicted octanol–water partition coefficient (Wildman–Crippen LogP) is 2.95. The standard InChI is InChI=1S/C19H29N3O2S/c1-15-13-17(9-10-18(15)25(3,23)24)14-22-19(20-2)21-12-11-16-7-5-4-6-8-16/h7,9-10,13H,4-6,8,11-12,14H2,1-3H3,(H2,20,21,22). The second-order valence-corrected chi connectivity index (χ2v) is 8.57. The molecular formula is C19H29N3O2S. The van der Waals surface area contributed by atoms with E-state index in [0.717, 1.165) is 30.1 Å². The zero-order chi connectivity index (χ0) is 18.3. The molecule has 1 aromatic carbocycles. The summed E-state index contributed by atoms with van der Waals surface area (Å²) in [5.74, 6) is 0.765. The van der Waals surface area contributed by atoms with Crippen molar-refractivity contribution in [2.75, 3.05) is 19.8 Å². The molecule has 2 rings (SSSR count). The minimum atomic E-state index is -3.17. The summed E-state index contributed by atoms with van der Waals surface area (Å²) in [6.07, 6.45) is 9.72. The first-order chi connectivity index (χ1) is 11.9. The van der Waals surface area contributed by atoms with Crippen molar-refractivity contribution >= 4 is 15.8 Å². The molecular weight excluding hydrogens is 334 g/mol. The fourth-order valence-electron chi connectivity index (χ4n) is 3.12. The van der Waals surface area contributed by atoms with Gasteiger partial charge < -0.3 is 10.6 Å². The number of guanidine groups is 1. The predicted molar refractivity (Wildman–Crippen MR) is 104 cm³/mol. The highest BCUT2D eigenvalue weighted by atomic mass is 32.2. The lowest BCUT2D eigenvalue weighted by molar-refractivity contribution is 0.601. The van der Waals surface area contributed by atoms with E-state index >= 15 is 0 Å². The lowest BCUT2D eigenvalue weighted by Gasteiger charge is -2.15. The summed E-state index contributed by atoms with van der Waals surface area (Å²) in [6, 6.07) is 5.42. The number of benzene rings is 1. The Bertz CT molecular complexity index is 752. The number of sulfone groups is 1. The van der Waals surface area contributed by atoms with E-state index in [1.807, 2.05) is 19.1 Å². The van der Waals surface area contributed by atoms with Gasteiger partial charge in [-0.05, 0) is 56.2 Å². The summed E-state index contributed by atoms with van der Waals surface area (Å²) in [4.78, 5) is 4.63. The van der Waals surface area contributed by atoms with Crippen molar-refractivity contribution in [3.05, 3.63) is 41.0 Å². The van der Waals surface area contributed by atoms with Gasteiger partial charge in [-0.2, -0.15) is 0 Å². The number of allylic oxidation sites excluding steroid dienone is 1. The van der Waals surface area contributed by atoms with Crippen LogP contribution in [-0.4, -0.2) is 34.2 Å². The molecule has 6 heteroatoms. The van der Waals surface area contributed by atoms with Gasteiger partial charge in [0.05, 0.1) is 4.90 Å². The average molecular weight is 364 g/mol. The molecule has 0 spiro atoms. The maximum Gasteiger partial charge on any atom is 0.191 e. The van der Waals surface area contributed by atoms with E-state index in [0.29, 0.717) is 11.4 Å². The van der Waals surface area contributed by atoms with E-state index in [1.165, 1.54) is 31.9 Å². The molecule has 0 amide bonds. The monoisotopic (exact) mass is 363 g/mol. The molecule has 0 aromatic heterocycles. The van der Waals surface area contributed by atoms with E-state index in [4.69, 9.17) is 0 Å². The highest BCUT2D eigenvalue weighted by molar-refractivity contribution is 7.90. The summed E-state index contributed by atoms with van der Waals surface area (Å²) in [5.41, 5.74) is 3.35. The minimum Gasteiger partial charge on any atom is -0.356 e. The first kappa shape index (κ1) is 19.5. The number of nitrogens with zero attached hydrogens (tertiary/aromatic N) is 1. The highest BCUT2D eigenvalue weighted by Gasteiger charge is 2.11. The second-order valence-electron chi connectivity index (χ2n) is 6.58. The zero-order valence-electron chi connectivity index (χ0n) is 15.4. The molecule has 0 heterocycles. The van der Waals surface area contributed by atoms with Gasteiger partial charge in [0.15, 0.2) is 15.8 Å². The number of nitrogens with one attached hydrogen (secondary N) is 2. The van der Waals surface area contributed by atoms with Crippen LogP contribution in [0.1, 0.15) is 43.2 Å². The van der Waals surface area contributed by atoms with Crippen molar-refractivity contribution in [1.29, 1.82) is 0 Å². The lowest BCUT2D eigenvalue weighted by Crippen LogP contribution is -2.37. The molecule has 138 valence electrons. The molecule has 0 aliphatic heterocycles. The Hall–Kier alpha value is -1.82. The molecule has 1 aliphatic rings. The summed E-state index contributed by atoms with van der Waals surface area (Å²) in [6.45, 7) is 3.30. The molecule has 0 radical (unpaired) electrons. The summed E-state index contributed by atoms with van der Waals surface area (Å²) in [5, 5.41) is 6.62. The van der Waals surface area contributed by atoms with Crippen LogP contribution in [0.15, 0.2) is 39.7 Å². The van der Waals surface area contributed by atoms with Crippen molar-refractivity contribution in [3.63, 3.8) is 0 Å². The van der Waals surface area contributed by atoms with E-state index in [9.17, 15) is 8.42 Å². The number of aryl methyl sites for hydroxylation is 1. The number of aliphatic imine (C=N–C) groups is 1. The van der Waals surface area contributed by atoms with Crippen molar-refractivity contribution in [2.45, 2.75) is 50.5 Å². The Morgan fingerprint density at radius 3 is 2.64 bits per heavy atom. The molecule has 1 aromatic rings. The topological polar surface area (TPSA) is 70.6 Å². The maximum absolute atomic E-state index is 11.7. The van der Waals surface area contributed by atoms with E-state index < -0.39 is 9.84 Å².